The lowest BCUT2D eigenvalue weighted by Crippen LogP contribution is -2.22. The van der Waals surface area contributed by atoms with E-state index in [4.69, 9.17) is 0 Å². The van der Waals surface area contributed by atoms with Crippen molar-refractivity contribution in [2.24, 2.45) is 5.92 Å². The number of Topliss-reactive ketones (excluding diaryl/α,β-unsaturated/α-hetero) is 1. The molecule has 0 bridgehead atoms. The van der Waals surface area contributed by atoms with Crippen molar-refractivity contribution in [2.45, 2.75) is 63.7 Å². The van der Waals surface area contributed by atoms with Gasteiger partial charge in [-0.1, -0.05) is 38.2 Å². The SMILES string of the molecule is O=C(CC1CCCCC1)C1CCCc2cccnc21. The summed E-state index contributed by atoms with van der Waals surface area (Å²) in [5.74, 6) is 1.19. The van der Waals surface area contributed by atoms with Gasteiger partial charge in [0.1, 0.15) is 5.78 Å². The zero-order chi connectivity index (χ0) is 13.1. The molecule has 1 heterocycles. The fourth-order valence-electron chi connectivity index (χ4n) is 3.74. The molecule has 1 unspecified atom stereocenters. The zero-order valence-electron chi connectivity index (χ0n) is 11.6. The van der Waals surface area contributed by atoms with Crippen LogP contribution in [0.1, 0.15) is 68.5 Å². The Morgan fingerprint density at radius 3 is 2.84 bits per heavy atom. The molecule has 1 fully saturated rings. The number of rotatable bonds is 3. The highest BCUT2D eigenvalue weighted by molar-refractivity contribution is 5.86. The van der Waals surface area contributed by atoms with Crippen LogP contribution in [0, 0.1) is 5.92 Å². The molecule has 0 saturated heterocycles. The highest BCUT2D eigenvalue weighted by Crippen LogP contribution is 2.34. The van der Waals surface area contributed by atoms with Crippen LogP contribution in [0.2, 0.25) is 0 Å². The van der Waals surface area contributed by atoms with Crippen molar-refractivity contribution < 1.29 is 4.79 Å². The Labute approximate surface area is 115 Å². The fourth-order valence-corrected chi connectivity index (χ4v) is 3.74. The molecule has 0 aliphatic heterocycles. The number of carbonyl (C=O) groups is 1. The van der Waals surface area contributed by atoms with E-state index in [9.17, 15) is 4.79 Å². The molecule has 1 aromatic rings. The molecule has 2 nitrogen and oxygen atoms in total. The van der Waals surface area contributed by atoms with Crippen molar-refractivity contribution in [3.8, 4) is 0 Å². The van der Waals surface area contributed by atoms with Crippen LogP contribution in [0.4, 0.5) is 0 Å². The van der Waals surface area contributed by atoms with E-state index in [1.54, 1.807) is 0 Å². The molecule has 1 aromatic heterocycles. The molecule has 0 radical (unpaired) electrons. The molecule has 0 N–H and O–H groups in total. The molecule has 19 heavy (non-hydrogen) atoms. The summed E-state index contributed by atoms with van der Waals surface area (Å²) in [5.41, 5.74) is 2.38. The average Bonchev–Trinajstić information content (AvgIpc) is 2.47. The second kappa shape index (κ2) is 5.85. The molecule has 3 rings (SSSR count). The van der Waals surface area contributed by atoms with E-state index in [1.165, 1.54) is 37.7 Å². The van der Waals surface area contributed by atoms with Crippen molar-refractivity contribution in [1.29, 1.82) is 0 Å². The molecule has 1 saturated carbocycles. The normalized spacial score (nSPS) is 23.9. The van der Waals surface area contributed by atoms with Crippen LogP contribution >= 0.6 is 0 Å². The minimum Gasteiger partial charge on any atom is -0.299 e. The Morgan fingerprint density at radius 1 is 1.16 bits per heavy atom. The zero-order valence-corrected chi connectivity index (χ0v) is 11.6. The van der Waals surface area contributed by atoms with Crippen molar-refractivity contribution in [1.82, 2.24) is 4.98 Å². The predicted octanol–water partition coefficient (Wildman–Crippen LogP) is 4.04. The van der Waals surface area contributed by atoms with E-state index in [-0.39, 0.29) is 5.92 Å². The lowest BCUT2D eigenvalue weighted by Gasteiger charge is -2.26. The summed E-state index contributed by atoms with van der Waals surface area (Å²) in [6, 6.07) is 4.13. The Kier molecular flexibility index (Phi) is 3.95. The third-order valence-corrected chi connectivity index (χ3v) is 4.80. The van der Waals surface area contributed by atoms with Gasteiger partial charge in [0, 0.05) is 12.6 Å². The lowest BCUT2D eigenvalue weighted by molar-refractivity contribution is -0.122. The standard InChI is InChI=1S/C17H23NO/c19-16(12-13-6-2-1-3-7-13)15-10-4-8-14-9-5-11-18-17(14)15/h5,9,11,13,15H,1-4,6-8,10,12H2. The second-order valence-corrected chi connectivity index (χ2v) is 6.17. The number of ketones is 1. The minimum absolute atomic E-state index is 0.0897. The Hall–Kier alpha value is -1.18. The number of hydrogen-bond donors (Lipinski definition) is 0. The number of pyridine rings is 1. The first-order chi connectivity index (χ1) is 9.34. The van der Waals surface area contributed by atoms with E-state index in [1.807, 2.05) is 12.3 Å². The fraction of sp³-hybridized carbons (Fsp3) is 0.647. The smallest absolute Gasteiger partial charge is 0.142 e. The van der Waals surface area contributed by atoms with Crippen LogP contribution in [-0.4, -0.2) is 10.8 Å². The first kappa shape index (κ1) is 12.8. The Balaban J connectivity index is 1.70. The van der Waals surface area contributed by atoms with Crippen LogP contribution in [0.5, 0.6) is 0 Å². The second-order valence-electron chi connectivity index (χ2n) is 6.17. The maximum Gasteiger partial charge on any atom is 0.142 e. The molecule has 0 aromatic carbocycles. The van der Waals surface area contributed by atoms with Gasteiger partial charge in [0.05, 0.1) is 11.6 Å². The molecular weight excluding hydrogens is 234 g/mol. The van der Waals surface area contributed by atoms with Gasteiger partial charge in [-0.2, -0.15) is 0 Å². The van der Waals surface area contributed by atoms with Crippen molar-refractivity contribution in [3.05, 3.63) is 29.6 Å². The van der Waals surface area contributed by atoms with Gasteiger partial charge in [-0.25, -0.2) is 0 Å². The number of hydrogen-bond acceptors (Lipinski definition) is 2. The van der Waals surface area contributed by atoms with Crippen LogP contribution in [0.15, 0.2) is 18.3 Å². The number of nitrogens with zero attached hydrogens (tertiary/aromatic N) is 1. The highest BCUT2D eigenvalue weighted by atomic mass is 16.1. The van der Waals surface area contributed by atoms with Crippen LogP contribution < -0.4 is 0 Å². The number of aryl methyl sites for hydroxylation is 1. The van der Waals surface area contributed by atoms with Gasteiger partial charge in [-0.15, -0.1) is 0 Å². The monoisotopic (exact) mass is 257 g/mol. The van der Waals surface area contributed by atoms with Crippen LogP contribution in [0.25, 0.3) is 0 Å². The molecule has 2 aliphatic rings. The maximum atomic E-state index is 12.6. The van der Waals surface area contributed by atoms with Gasteiger partial charge in [0.25, 0.3) is 0 Å². The summed E-state index contributed by atoms with van der Waals surface area (Å²) in [7, 11) is 0. The van der Waals surface area contributed by atoms with Gasteiger partial charge < -0.3 is 0 Å². The summed E-state index contributed by atoms with van der Waals surface area (Å²) >= 11 is 0. The van der Waals surface area contributed by atoms with E-state index >= 15 is 0 Å². The van der Waals surface area contributed by atoms with E-state index in [0.29, 0.717) is 11.7 Å². The summed E-state index contributed by atoms with van der Waals surface area (Å²) in [5, 5.41) is 0. The number of fused-ring (bicyclic) bond motifs is 1. The predicted molar refractivity (Wildman–Crippen MR) is 76.1 cm³/mol. The molecule has 0 amide bonds. The van der Waals surface area contributed by atoms with Crippen molar-refractivity contribution >= 4 is 5.78 Å². The van der Waals surface area contributed by atoms with E-state index in [0.717, 1.165) is 31.4 Å². The summed E-state index contributed by atoms with van der Waals surface area (Å²) in [6.07, 6.45) is 12.4. The van der Waals surface area contributed by atoms with Crippen molar-refractivity contribution in [2.75, 3.05) is 0 Å². The third kappa shape index (κ3) is 2.88. The van der Waals surface area contributed by atoms with Gasteiger partial charge in [0.15, 0.2) is 0 Å². The van der Waals surface area contributed by atoms with Crippen LogP contribution in [0.3, 0.4) is 0 Å². The van der Waals surface area contributed by atoms with Gasteiger partial charge in [0.2, 0.25) is 0 Å². The number of carbonyl (C=O) groups excluding carboxylic acids is 1. The largest absolute Gasteiger partial charge is 0.299 e. The summed E-state index contributed by atoms with van der Waals surface area (Å²) in [6.45, 7) is 0. The average molecular weight is 257 g/mol. The summed E-state index contributed by atoms with van der Waals surface area (Å²) in [4.78, 5) is 17.1. The third-order valence-electron chi connectivity index (χ3n) is 4.80. The Bertz CT molecular complexity index is 448. The molecule has 0 spiro atoms. The van der Waals surface area contributed by atoms with E-state index < -0.39 is 0 Å². The first-order valence-electron chi connectivity index (χ1n) is 7.81. The minimum atomic E-state index is 0.0897. The first-order valence-corrected chi connectivity index (χ1v) is 7.81. The topological polar surface area (TPSA) is 30.0 Å². The van der Waals surface area contributed by atoms with Crippen LogP contribution in [-0.2, 0) is 11.2 Å². The maximum absolute atomic E-state index is 12.6. The van der Waals surface area contributed by atoms with Gasteiger partial charge >= 0.3 is 0 Å². The van der Waals surface area contributed by atoms with E-state index in [2.05, 4.69) is 11.1 Å². The quantitative estimate of drug-likeness (QED) is 0.818. The lowest BCUT2D eigenvalue weighted by atomic mass is 9.78. The van der Waals surface area contributed by atoms with Crippen molar-refractivity contribution in [3.63, 3.8) is 0 Å². The number of aromatic nitrogens is 1. The molecule has 102 valence electrons. The molecular formula is C17H23NO. The highest BCUT2D eigenvalue weighted by Gasteiger charge is 2.29. The van der Waals surface area contributed by atoms with Gasteiger partial charge in [-0.3, -0.25) is 9.78 Å². The molecule has 2 aliphatic carbocycles. The summed E-state index contributed by atoms with van der Waals surface area (Å²) < 4.78 is 0. The molecule has 2 heteroatoms. The Morgan fingerprint density at radius 2 is 2.00 bits per heavy atom. The molecule has 1 atom stereocenters. The van der Waals surface area contributed by atoms with Gasteiger partial charge in [-0.05, 0) is 36.8 Å².